The summed E-state index contributed by atoms with van der Waals surface area (Å²) in [5, 5.41) is 1.62. The molecule has 0 aliphatic heterocycles. The lowest BCUT2D eigenvalue weighted by Crippen LogP contribution is -2.11. The number of hydrogen-bond acceptors (Lipinski definition) is 3. The van der Waals surface area contributed by atoms with E-state index in [1.807, 2.05) is 6.07 Å². The first kappa shape index (κ1) is 13.8. The van der Waals surface area contributed by atoms with Crippen molar-refractivity contribution in [3.05, 3.63) is 58.3 Å². The fraction of sp³-hybridized carbons (Fsp3) is 0. The van der Waals surface area contributed by atoms with Gasteiger partial charge in [-0.25, -0.2) is 0 Å². The minimum absolute atomic E-state index is 0.344. The molecular weight excluding hydrogens is 309 g/mol. The van der Waals surface area contributed by atoms with E-state index in [0.717, 1.165) is 5.39 Å². The third-order valence-electron chi connectivity index (χ3n) is 3.09. The van der Waals surface area contributed by atoms with E-state index in [1.165, 1.54) is 6.20 Å². The number of benzene rings is 1. The Balaban J connectivity index is 2.29. The molecule has 0 aliphatic rings. The Labute approximate surface area is 130 Å². The van der Waals surface area contributed by atoms with Gasteiger partial charge < -0.3 is 5.73 Å². The van der Waals surface area contributed by atoms with Gasteiger partial charge in [0.05, 0.1) is 26.8 Å². The van der Waals surface area contributed by atoms with Gasteiger partial charge in [-0.1, -0.05) is 35.3 Å². The molecule has 0 spiro atoms. The van der Waals surface area contributed by atoms with Gasteiger partial charge in [-0.3, -0.25) is 14.8 Å². The van der Waals surface area contributed by atoms with E-state index in [0.29, 0.717) is 32.4 Å². The van der Waals surface area contributed by atoms with Crippen molar-refractivity contribution in [1.29, 1.82) is 0 Å². The number of pyridine rings is 2. The highest BCUT2D eigenvalue weighted by atomic mass is 35.5. The predicted molar refractivity (Wildman–Crippen MR) is 83.5 cm³/mol. The molecule has 1 aromatic carbocycles. The van der Waals surface area contributed by atoms with Gasteiger partial charge in [0.2, 0.25) is 5.91 Å². The molecule has 4 nitrogen and oxygen atoms in total. The molecule has 0 unspecified atom stereocenters. The van der Waals surface area contributed by atoms with Crippen molar-refractivity contribution in [1.82, 2.24) is 9.97 Å². The Morgan fingerprint density at radius 2 is 1.95 bits per heavy atom. The molecule has 0 aliphatic carbocycles. The SMILES string of the molecule is NC(=O)c1cnc2c(-c3cccc(Cl)c3Cl)nccc2c1. The standard InChI is InChI=1S/C15H9Cl2N3O/c16-11-3-1-2-10(12(11)17)14-13-8(4-5-19-14)6-9(7-20-13)15(18)21/h1-7H,(H2,18,21). The summed E-state index contributed by atoms with van der Waals surface area (Å²) >= 11 is 12.3. The molecule has 3 aromatic rings. The molecule has 0 bridgehead atoms. The summed E-state index contributed by atoms with van der Waals surface area (Å²) in [4.78, 5) is 19.8. The first-order valence-electron chi connectivity index (χ1n) is 6.07. The fourth-order valence-electron chi connectivity index (χ4n) is 2.08. The van der Waals surface area contributed by atoms with Gasteiger partial charge >= 0.3 is 0 Å². The molecule has 3 rings (SSSR count). The van der Waals surface area contributed by atoms with Crippen molar-refractivity contribution in [3.8, 4) is 11.3 Å². The van der Waals surface area contributed by atoms with Gasteiger partial charge in [-0.2, -0.15) is 0 Å². The maximum absolute atomic E-state index is 11.2. The van der Waals surface area contributed by atoms with Crippen molar-refractivity contribution in [2.24, 2.45) is 5.73 Å². The smallest absolute Gasteiger partial charge is 0.250 e. The summed E-state index contributed by atoms with van der Waals surface area (Å²) in [5.74, 6) is -0.524. The van der Waals surface area contributed by atoms with Crippen LogP contribution in [0, 0.1) is 0 Å². The Hall–Kier alpha value is -2.17. The molecular formula is C15H9Cl2N3O. The van der Waals surface area contributed by atoms with Crippen molar-refractivity contribution in [3.63, 3.8) is 0 Å². The highest BCUT2D eigenvalue weighted by Gasteiger charge is 2.13. The first-order chi connectivity index (χ1) is 10.1. The molecule has 0 fully saturated rings. The summed E-state index contributed by atoms with van der Waals surface area (Å²) in [6.07, 6.45) is 3.05. The summed E-state index contributed by atoms with van der Waals surface area (Å²) in [6.45, 7) is 0. The summed E-state index contributed by atoms with van der Waals surface area (Å²) in [7, 11) is 0. The molecule has 0 saturated carbocycles. The lowest BCUT2D eigenvalue weighted by Gasteiger charge is -2.08. The van der Waals surface area contributed by atoms with Crippen LogP contribution in [0.2, 0.25) is 10.0 Å². The van der Waals surface area contributed by atoms with Crippen LogP contribution in [-0.2, 0) is 0 Å². The number of hydrogen-bond donors (Lipinski definition) is 1. The highest BCUT2D eigenvalue weighted by Crippen LogP contribution is 2.35. The van der Waals surface area contributed by atoms with Crippen LogP contribution < -0.4 is 5.73 Å². The third-order valence-corrected chi connectivity index (χ3v) is 3.91. The molecule has 104 valence electrons. The summed E-state index contributed by atoms with van der Waals surface area (Å²) in [5.41, 5.74) is 7.54. The lowest BCUT2D eigenvalue weighted by molar-refractivity contribution is 0.1000. The molecule has 2 heterocycles. The number of carbonyl (C=O) groups excluding carboxylic acids is 1. The van der Waals surface area contributed by atoms with Crippen molar-refractivity contribution < 1.29 is 4.79 Å². The quantitative estimate of drug-likeness (QED) is 0.783. The lowest BCUT2D eigenvalue weighted by atomic mass is 10.1. The normalized spacial score (nSPS) is 10.8. The maximum Gasteiger partial charge on any atom is 0.250 e. The van der Waals surface area contributed by atoms with Crippen LogP contribution in [0.3, 0.4) is 0 Å². The molecule has 2 aromatic heterocycles. The number of amides is 1. The van der Waals surface area contributed by atoms with Crippen LogP contribution in [0.4, 0.5) is 0 Å². The number of primary amides is 1. The zero-order valence-electron chi connectivity index (χ0n) is 10.7. The summed E-state index contributed by atoms with van der Waals surface area (Å²) < 4.78 is 0. The second-order valence-electron chi connectivity index (χ2n) is 4.42. The zero-order chi connectivity index (χ0) is 15.0. The number of nitrogens with two attached hydrogens (primary N) is 1. The topological polar surface area (TPSA) is 68.9 Å². The second-order valence-corrected chi connectivity index (χ2v) is 5.21. The number of fused-ring (bicyclic) bond motifs is 1. The van der Waals surface area contributed by atoms with E-state index in [4.69, 9.17) is 28.9 Å². The highest BCUT2D eigenvalue weighted by molar-refractivity contribution is 6.43. The summed E-state index contributed by atoms with van der Waals surface area (Å²) in [6, 6.07) is 8.75. The van der Waals surface area contributed by atoms with E-state index < -0.39 is 5.91 Å². The Kier molecular flexibility index (Phi) is 3.49. The first-order valence-corrected chi connectivity index (χ1v) is 6.82. The number of aromatic nitrogens is 2. The van der Waals surface area contributed by atoms with Crippen molar-refractivity contribution in [2.75, 3.05) is 0 Å². The minimum atomic E-state index is -0.524. The van der Waals surface area contributed by atoms with Gasteiger partial charge in [0.25, 0.3) is 0 Å². The fourth-order valence-corrected chi connectivity index (χ4v) is 2.47. The van der Waals surface area contributed by atoms with Crippen LogP contribution in [0.1, 0.15) is 10.4 Å². The van der Waals surface area contributed by atoms with Gasteiger partial charge in [-0.15, -0.1) is 0 Å². The second kappa shape index (κ2) is 5.31. The Bertz CT molecular complexity index is 865. The van der Waals surface area contributed by atoms with Crippen molar-refractivity contribution >= 4 is 40.0 Å². The zero-order valence-corrected chi connectivity index (χ0v) is 12.2. The van der Waals surface area contributed by atoms with E-state index in [1.54, 1.807) is 30.5 Å². The molecule has 21 heavy (non-hydrogen) atoms. The molecule has 1 amide bonds. The largest absolute Gasteiger partial charge is 0.366 e. The van der Waals surface area contributed by atoms with Crippen LogP contribution in [0.15, 0.2) is 42.7 Å². The van der Waals surface area contributed by atoms with Crippen LogP contribution in [0.25, 0.3) is 22.2 Å². The molecule has 0 atom stereocenters. The van der Waals surface area contributed by atoms with Crippen LogP contribution >= 0.6 is 23.2 Å². The van der Waals surface area contributed by atoms with Crippen molar-refractivity contribution in [2.45, 2.75) is 0 Å². The molecule has 0 saturated heterocycles. The number of rotatable bonds is 2. The van der Waals surface area contributed by atoms with E-state index in [9.17, 15) is 4.79 Å². The average Bonchev–Trinajstić information content (AvgIpc) is 2.49. The number of carbonyl (C=O) groups is 1. The maximum atomic E-state index is 11.2. The number of halogens is 2. The monoisotopic (exact) mass is 317 g/mol. The minimum Gasteiger partial charge on any atom is -0.366 e. The molecule has 0 radical (unpaired) electrons. The number of nitrogens with zero attached hydrogens (tertiary/aromatic N) is 2. The van der Waals surface area contributed by atoms with Gasteiger partial charge in [0.15, 0.2) is 0 Å². The van der Waals surface area contributed by atoms with Gasteiger partial charge in [0.1, 0.15) is 0 Å². The van der Waals surface area contributed by atoms with E-state index in [-0.39, 0.29) is 0 Å². The predicted octanol–water partition coefficient (Wildman–Crippen LogP) is 3.70. The molecule has 6 heteroatoms. The molecule has 2 N–H and O–H groups in total. The van der Waals surface area contributed by atoms with E-state index >= 15 is 0 Å². The van der Waals surface area contributed by atoms with Crippen LogP contribution in [0.5, 0.6) is 0 Å². The van der Waals surface area contributed by atoms with Gasteiger partial charge in [0, 0.05) is 23.3 Å². The third kappa shape index (κ3) is 2.44. The van der Waals surface area contributed by atoms with Gasteiger partial charge in [-0.05, 0) is 18.2 Å². The van der Waals surface area contributed by atoms with Crippen LogP contribution in [-0.4, -0.2) is 15.9 Å². The Morgan fingerprint density at radius 3 is 2.71 bits per heavy atom. The Morgan fingerprint density at radius 1 is 1.14 bits per heavy atom. The average molecular weight is 318 g/mol. The van der Waals surface area contributed by atoms with E-state index in [2.05, 4.69) is 9.97 Å².